The van der Waals surface area contributed by atoms with Crippen molar-refractivity contribution in [3.05, 3.63) is 57.6 Å². The van der Waals surface area contributed by atoms with E-state index >= 15 is 0 Å². The number of ether oxygens (including phenoxy) is 4. The number of amides is 3. The molecule has 0 bridgehead atoms. The Bertz CT molecular complexity index is 1510. The number of nitro benzene ring substituents is 1. The van der Waals surface area contributed by atoms with Gasteiger partial charge in [0.2, 0.25) is 5.96 Å². The quantitative estimate of drug-likeness (QED) is 0.107. The minimum atomic E-state index is -0.869. The highest BCUT2D eigenvalue weighted by molar-refractivity contribution is 6.01. The lowest BCUT2D eigenvalue weighted by molar-refractivity contribution is -0.384. The number of nitrogens with zero attached hydrogens (tertiary/aromatic N) is 2. The summed E-state index contributed by atoms with van der Waals surface area (Å²) in [7, 11) is 3.03. The van der Waals surface area contributed by atoms with Crippen LogP contribution in [0.15, 0.2) is 36.4 Å². The third-order valence-corrected chi connectivity index (χ3v) is 7.23. The molecule has 0 heterocycles. The second-order valence-corrected chi connectivity index (χ2v) is 13.3. The van der Waals surface area contributed by atoms with Crippen molar-refractivity contribution in [2.45, 2.75) is 97.1 Å². The molecule has 1 aliphatic carbocycles. The topological polar surface area (TPSA) is 194 Å². The molecule has 48 heavy (non-hydrogen) atoms. The largest absolute Gasteiger partial charge is 0.493 e. The maximum absolute atomic E-state index is 13.4. The summed E-state index contributed by atoms with van der Waals surface area (Å²) in [6, 6.07) is 8.65. The van der Waals surface area contributed by atoms with Gasteiger partial charge >= 0.3 is 12.2 Å². The number of alkyl carbamates (subject to hydrolysis) is 1. The van der Waals surface area contributed by atoms with Crippen molar-refractivity contribution >= 4 is 35.4 Å². The number of hydrogen-bond acceptors (Lipinski definition) is 11. The maximum atomic E-state index is 13.4. The summed E-state index contributed by atoms with van der Waals surface area (Å²) in [4.78, 5) is 51.1. The van der Waals surface area contributed by atoms with Crippen LogP contribution in [0.4, 0.5) is 21.0 Å². The molecule has 0 spiro atoms. The molecular formula is C33H46N6O9. The fraction of sp³-hybridized carbons (Fsp3) is 0.515. The van der Waals surface area contributed by atoms with E-state index in [4.69, 9.17) is 24.4 Å². The fourth-order valence-corrected chi connectivity index (χ4v) is 5.12. The normalized spacial score (nSPS) is 16.2. The molecule has 2 aromatic carbocycles. The number of nitrogens with one attached hydrogen (secondary N) is 4. The van der Waals surface area contributed by atoms with Crippen LogP contribution >= 0.6 is 0 Å². The van der Waals surface area contributed by atoms with Crippen molar-refractivity contribution in [1.82, 2.24) is 15.5 Å². The van der Waals surface area contributed by atoms with Crippen LogP contribution in [-0.2, 0) is 16.0 Å². The summed E-state index contributed by atoms with van der Waals surface area (Å²) in [5, 5.41) is 28.6. The molecule has 15 heteroatoms. The highest BCUT2D eigenvalue weighted by atomic mass is 16.6. The van der Waals surface area contributed by atoms with Crippen molar-refractivity contribution in [3.63, 3.8) is 0 Å². The van der Waals surface area contributed by atoms with Crippen LogP contribution < -0.4 is 25.4 Å². The van der Waals surface area contributed by atoms with Gasteiger partial charge in [-0.2, -0.15) is 0 Å². The number of non-ortho nitro benzene ring substituents is 1. The van der Waals surface area contributed by atoms with E-state index < -0.39 is 46.2 Å². The zero-order chi connectivity index (χ0) is 35.8. The lowest BCUT2D eigenvalue weighted by Crippen LogP contribution is -2.54. The molecule has 0 atom stereocenters. The van der Waals surface area contributed by atoms with Gasteiger partial charge in [0, 0.05) is 36.4 Å². The van der Waals surface area contributed by atoms with E-state index in [1.165, 1.54) is 32.4 Å². The third kappa shape index (κ3) is 10.7. The average Bonchev–Trinajstić information content (AvgIpc) is 2.98. The molecular weight excluding hydrogens is 624 g/mol. The standard InChI is InChI=1S/C33H46N6O9/c1-32(2,3)47-30(41)37-29(34)38(31(42)48-33(4,5)6)22-12-10-21(11-13-22)36-25-15-14-23(39(43)44)18-24(25)28(40)35-19-20-9-16-26(45-7)27(17-20)46-8/h9,14-18,21-22,36H,10-13,19H2,1-8H3,(H,35,40)(H2,34,37,41). The van der Waals surface area contributed by atoms with Gasteiger partial charge in [0.05, 0.1) is 24.7 Å². The number of guanidine groups is 1. The van der Waals surface area contributed by atoms with Crippen LogP contribution in [0.5, 0.6) is 11.5 Å². The number of benzene rings is 2. The number of anilines is 1. The Labute approximate surface area is 280 Å². The van der Waals surface area contributed by atoms with Crippen molar-refractivity contribution < 1.29 is 38.3 Å². The van der Waals surface area contributed by atoms with E-state index in [0.717, 1.165) is 10.5 Å². The van der Waals surface area contributed by atoms with E-state index in [1.807, 2.05) is 0 Å². The summed E-state index contributed by atoms with van der Waals surface area (Å²) < 4.78 is 21.4. The van der Waals surface area contributed by atoms with E-state index in [0.29, 0.717) is 42.9 Å². The zero-order valence-electron chi connectivity index (χ0n) is 28.7. The van der Waals surface area contributed by atoms with Crippen LogP contribution in [0.25, 0.3) is 0 Å². The summed E-state index contributed by atoms with van der Waals surface area (Å²) in [6.45, 7) is 10.3. The van der Waals surface area contributed by atoms with Crippen molar-refractivity contribution in [1.29, 1.82) is 5.41 Å². The lowest BCUT2D eigenvalue weighted by atomic mass is 9.90. The number of carbonyl (C=O) groups is 3. The monoisotopic (exact) mass is 670 g/mol. The van der Waals surface area contributed by atoms with E-state index in [9.17, 15) is 24.5 Å². The van der Waals surface area contributed by atoms with Gasteiger partial charge in [0.15, 0.2) is 11.5 Å². The van der Waals surface area contributed by atoms with Crippen LogP contribution in [0.1, 0.15) is 83.1 Å². The van der Waals surface area contributed by atoms with Gasteiger partial charge in [0.1, 0.15) is 11.2 Å². The van der Waals surface area contributed by atoms with Gasteiger partial charge in [-0.1, -0.05) is 6.07 Å². The molecule has 0 radical (unpaired) electrons. The average molecular weight is 671 g/mol. The minimum Gasteiger partial charge on any atom is -0.493 e. The lowest BCUT2D eigenvalue weighted by Gasteiger charge is -2.37. The van der Waals surface area contributed by atoms with Crippen LogP contribution in [0.2, 0.25) is 0 Å². The van der Waals surface area contributed by atoms with Gasteiger partial charge in [-0.3, -0.25) is 25.6 Å². The van der Waals surface area contributed by atoms with Gasteiger partial charge in [-0.05, 0) is 91.0 Å². The van der Waals surface area contributed by atoms with Gasteiger partial charge in [0.25, 0.3) is 11.6 Å². The SMILES string of the molecule is COc1ccc(CNC(=O)c2cc([N+](=O)[O-])ccc2NC2CCC(N(C(=N)NC(=O)OC(C)(C)C)C(=O)OC(C)(C)C)CC2)cc1OC. The Kier molecular flexibility index (Phi) is 12.2. The zero-order valence-corrected chi connectivity index (χ0v) is 28.7. The summed E-state index contributed by atoms with van der Waals surface area (Å²) >= 11 is 0. The van der Waals surface area contributed by atoms with E-state index in [-0.39, 0.29) is 23.8 Å². The molecule has 4 N–H and O–H groups in total. The molecule has 1 saturated carbocycles. The first-order valence-corrected chi connectivity index (χ1v) is 15.6. The van der Waals surface area contributed by atoms with E-state index in [2.05, 4.69) is 16.0 Å². The number of hydrogen-bond donors (Lipinski definition) is 4. The molecule has 3 rings (SSSR count). The molecule has 1 fully saturated rings. The molecule has 0 saturated heterocycles. The second kappa shape index (κ2) is 15.7. The third-order valence-electron chi connectivity index (χ3n) is 7.23. The number of nitro groups is 1. The highest BCUT2D eigenvalue weighted by Gasteiger charge is 2.36. The first-order valence-electron chi connectivity index (χ1n) is 15.6. The van der Waals surface area contributed by atoms with Gasteiger partial charge in [-0.15, -0.1) is 0 Å². The number of rotatable bonds is 9. The molecule has 2 aromatic rings. The smallest absolute Gasteiger partial charge is 0.417 e. The summed E-state index contributed by atoms with van der Waals surface area (Å²) in [5.74, 6) is 0.0672. The van der Waals surface area contributed by atoms with Crippen LogP contribution in [-0.4, -0.2) is 71.4 Å². The maximum Gasteiger partial charge on any atom is 0.417 e. The van der Waals surface area contributed by atoms with Crippen LogP contribution in [0.3, 0.4) is 0 Å². The Morgan fingerprint density at radius 1 is 0.917 bits per heavy atom. The van der Waals surface area contributed by atoms with Crippen molar-refractivity contribution in [2.24, 2.45) is 0 Å². The fourth-order valence-electron chi connectivity index (χ4n) is 5.12. The summed E-state index contributed by atoms with van der Waals surface area (Å²) in [5.41, 5.74) is -0.623. The molecule has 262 valence electrons. The van der Waals surface area contributed by atoms with Gasteiger partial charge in [-0.25, -0.2) is 14.5 Å². The predicted octanol–water partition coefficient (Wildman–Crippen LogP) is 5.96. The summed E-state index contributed by atoms with van der Waals surface area (Å²) in [6.07, 6.45) is 0.266. The molecule has 0 aromatic heterocycles. The Morgan fingerprint density at radius 2 is 1.54 bits per heavy atom. The molecule has 0 unspecified atom stereocenters. The molecule has 3 amide bonds. The van der Waals surface area contributed by atoms with Gasteiger partial charge < -0.3 is 29.6 Å². The van der Waals surface area contributed by atoms with Crippen LogP contribution in [0, 0.1) is 15.5 Å². The second-order valence-electron chi connectivity index (χ2n) is 13.3. The molecule has 0 aliphatic heterocycles. The predicted molar refractivity (Wildman–Crippen MR) is 179 cm³/mol. The number of methoxy groups -OCH3 is 2. The van der Waals surface area contributed by atoms with Crippen molar-refractivity contribution in [2.75, 3.05) is 19.5 Å². The minimum absolute atomic E-state index is 0.102. The molecule has 1 aliphatic rings. The Hall–Kier alpha value is -5.08. The highest BCUT2D eigenvalue weighted by Crippen LogP contribution is 2.31. The number of carbonyl (C=O) groups excluding carboxylic acids is 3. The Balaban J connectivity index is 1.74. The Morgan fingerprint density at radius 3 is 2.10 bits per heavy atom. The first kappa shape index (κ1) is 37.4. The van der Waals surface area contributed by atoms with E-state index in [1.54, 1.807) is 59.7 Å². The van der Waals surface area contributed by atoms with Crippen molar-refractivity contribution in [3.8, 4) is 11.5 Å². The molecule has 15 nitrogen and oxygen atoms in total. The first-order chi connectivity index (χ1) is 22.4.